The largest absolute Gasteiger partial charge is 0.744 e. The molecule has 134 valence electrons. The van der Waals surface area contributed by atoms with Gasteiger partial charge >= 0.3 is 5.97 Å². The average molecular weight is 402 g/mol. The molecule has 8 nitrogen and oxygen atoms in total. The van der Waals surface area contributed by atoms with Crippen LogP contribution in [0.2, 0.25) is 0 Å². The predicted octanol–water partition coefficient (Wildman–Crippen LogP) is 1.36. The van der Waals surface area contributed by atoms with E-state index in [1.165, 1.54) is 17.0 Å². The van der Waals surface area contributed by atoms with Crippen LogP contribution in [-0.2, 0) is 19.7 Å². The average Bonchev–Trinajstić information content (AvgIpc) is 2.75. The standard InChI is InChI=1S/C14H13NO7S3/c16-9-4-3-8(7-11(9)25(20,21)22)6-10-13(19)15(14(23)24-10)5-1-2-12(17)18/h3-4,6-7,16H,1-2,5H2,(H,17,18)(H,20,21,22)/p-1/b10-6-. The van der Waals surface area contributed by atoms with E-state index in [0.717, 1.165) is 23.9 Å². The van der Waals surface area contributed by atoms with Crippen molar-refractivity contribution < 1.29 is 32.8 Å². The van der Waals surface area contributed by atoms with Crippen molar-refractivity contribution in [1.29, 1.82) is 0 Å². The zero-order chi connectivity index (χ0) is 18.8. The molecule has 0 unspecified atom stereocenters. The number of thiocarbonyl (C=S) groups is 1. The first kappa shape index (κ1) is 19.4. The molecule has 0 atom stereocenters. The molecule has 1 aliphatic rings. The van der Waals surface area contributed by atoms with E-state index in [-0.39, 0.29) is 34.2 Å². The molecule has 25 heavy (non-hydrogen) atoms. The van der Waals surface area contributed by atoms with Crippen molar-refractivity contribution in [2.45, 2.75) is 17.7 Å². The highest BCUT2D eigenvalue weighted by atomic mass is 32.2. The monoisotopic (exact) mass is 402 g/mol. The van der Waals surface area contributed by atoms with Crippen molar-refractivity contribution >= 4 is 56.4 Å². The van der Waals surface area contributed by atoms with E-state index < -0.39 is 32.6 Å². The van der Waals surface area contributed by atoms with Crippen molar-refractivity contribution in [1.82, 2.24) is 4.90 Å². The number of amides is 1. The lowest BCUT2D eigenvalue weighted by atomic mass is 10.2. The smallest absolute Gasteiger partial charge is 0.303 e. The molecule has 0 spiro atoms. The molecule has 0 saturated carbocycles. The van der Waals surface area contributed by atoms with Gasteiger partial charge in [0, 0.05) is 13.0 Å². The second-order valence-electron chi connectivity index (χ2n) is 5.01. The van der Waals surface area contributed by atoms with Crippen LogP contribution in [0, 0.1) is 0 Å². The Hall–Kier alpha value is -1.95. The normalized spacial score (nSPS) is 16.7. The number of thioether (sulfide) groups is 1. The van der Waals surface area contributed by atoms with Gasteiger partial charge in [0.15, 0.2) is 0 Å². The molecule has 1 saturated heterocycles. The summed E-state index contributed by atoms with van der Waals surface area (Å²) in [6.07, 6.45) is 1.50. The van der Waals surface area contributed by atoms with E-state index in [2.05, 4.69) is 0 Å². The number of carboxylic acids is 1. The van der Waals surface area contributed by atoms with Crippen LogP contribution >= 0.6 is 24.0 Å². The van der Waals surface area contributed by atoms with Crippen LogP contribution in [0.1, 0.15) is 18.4 Å². The van der Waals surface area contributed by atoms with Crippen LogP contribution in [-0.4, -0.2) is 50.8 Å². The number of carbonyl (C=O) groups is 2. The van der Waals surface area contributed by atoms with Gasteiger partial charge in [0.25, 0.3) is 5.91 Å². The summed E-state index contributed by atoms with van der Waals surface area (Å²) in [7, 11) is -4.86. The van der Waals surface area contributed by atoms with Crippen LogP contribution < -0.4 is 0 Å². The summed E-state index contributed by atoms with van der Waals surface area (Å²) >= 11 is 6.07. The number of hydrogen-bond acceptors (Lipinski definition) is 8. The van der Waals surface area contributed by atoms with Crippen molar-refractivity contribution in [2.24, 2.45) is 0 Å². The number of benzene rings is 1. The second-order valence-corrected chi connectivity index (χ2v) is 8.04. The van der Waals surface area contributed by atoms with Crippen molar-refractivity contribution in [3.05, 3.63) is 28.7 Å². The summed E-state index contributed by atoms with van der Waals surface area (Å²) < 4.78 is 33.6. The fraction of sp³-hybridized carbons (Fsp3) is 0.214. The molecule has 1 aliphatic heterocycles. The molecule has 11 heteroatoms. The minimum Gasteiger partial charge on any atom is -0.744 e. The van der Waals surface area contributed by atoms with Gasteiger partial charge in [0.05, 0.1) is 9.80 Å². The molecule has 1 heterocycles. The van der Waals surface area contributed by atoms with Gasteiger partial charge in [-0.2, -0.15) is 0 Å². The molecule has 1 fully saturated rings. The Labute approximate surface area is 152 Å². The molecular weight excluding hydrogens is 390 g/mol. The van der Waals surface area contributed by atoms with E-state index in [1.807, 2.05) is 0 Å². The van der Waals surface area contributed by atoms with Crippen molar-refractivity contribution in [3.8, 4) is 5.75 Å². The predicted molar refractivity (Wildman–Crippen MR) is 92.8 cm³/mol. The highest BCUT2D eigenvalue weighted by Crippen LogP contribution is 2.33. The summed E-state index contributed by atoms with van der Waals surface area (Å²) in [5, 5.41) is 18.1. The first-order chi connectivity index (χ1) is 11.6. The van der Waals surface area contributed by atoms with Gasteiger partial charge < -0.3 is 14.8 Å². The Morgan fingerprint density at radius 3 is 2.68 bits per heavy atom. The molecule has 1 aromatic carbocycles. The molecule has 1 amide bonds. The first-order valence-electron chi connectivity index (χ1n) is 6.85. The van der Waals surface area contributed by atoms with E-state index in [1.54, 1.807) is 0 Å². The summed E-state index contributed by atoms with van der Waals surface area (Å²) in [6.45, 7) is 0.157. The van der Waals surface area contributed by atoms with Crippen LogP contribution in [0.3, 0.4) is 0 Å². The van der Waals surface area contributed by atoms with Gasteiger partial charge in [-0.1, -0.05) is 30.0 Å². The Morgan fingerprint density at radius 2 is 2.08 bits per heavy atom. The third-order valence-electron chi connectivity index (χ3n) is 3.20. The molecule has 2 rings (SSSR count). The molecule has 1 aromatic rings. The van der Waals surface area contributed by atoms with E-state index in [0.29, 0.717) is 0 Å². The number of hydrogen-bond donors (Lipinski definition) is 2. The number of phenols is 1. The second kappa shape index (κ2) is 7.52. The zero-order valence-electron chi connectivity index (χ0n) is 12.5. The SMILES string of the molecule is O=C(O)CCCN1C(=O)/C(=C/c2ccc(O)c(S(=O)(=O)[O-])c2)SC1=S. The number of carboxylic acid groups (broad SMARTS) is 1. The van der Waals surface area contributed by atoms with Gasteiger partial charge in [-0.25, -0.2) is 8.42 Å². The fourth-order valence-electron chi connectivity index (χ4n) is 2.05. The molecule has 0 aliphatic carbocycles. The summed E-state index contributed by atoms with van der Waals surface area (Å²) in [5.41, 5.74) is 0.235. The van der Waals surface area contributed by atoms with Crippen LogP contribution in [0.5, 0.6) is 5.75 Å². The maximum absolute atomic E-state index is 12.3. The highest BCUT2D eigenvalue weighted by Gasteiger charge is 2.31. The van der Waals surface area contributed by atoms with Crippen LogP contribution in [0.15, 0.2) is 28.0 Å². The minimum absolute atomic E-state index is 0.0984. The molecule has 0 bridgehead atoms. The number of phenolic OH excluding ortho intramolecular Hbond substituents is 1. The summed E-state index contributed by atoms with van der Waals surface area (Å²) in [5.74, 6) is -2.08. The van der Waals surface area contributed by atoms with Gasteiger partial charge in [0.2, 0.25) is 0 Å². The third-order valence-corrected chi connectivity index (χ3v) is 5.44. The number of aromatic hydroxyl groups is 1. The molecule has 0 aromatic heterocycles. The lowest BCUT2D eigenvalue weighted by molar-refractivity contribution is -0.137. The quantitative estimate of drug-likeness (QED) is 0.411. The fourth-order valence-corrected chi connectivity index (χ4v) is 3.97. The zero-order valence-corrected chi connectivity index (χ0v) is 15.0. The van der Waals surface area contributed by atoms with Crippen molar-refractivity contribution in [3.63, 3.8) is 0 Å². The van der Waals surface area contributed by atoms with Crippen LogP contribution in [0.4, 0.5) is 0 Å². The molecular formula is C14H12NO7S3-. The Balaban J connectivity index is 2.23. The van der Waals surface area contributed by atoms with E-state index in [9.17, 15) is 27.7 Å². The maximum Gasteiger partial charge on any atom is 0.303 e. The Kier molecular flexibility index (Phi) is 5.83. The highest BCUT2D eigenvalue weighted by molar-refractivity contribution is 8.26. The van der Waals surface area contributed by atoms with Gasteiger partial charge in [-0.05, 0) is 30.2 Å². The molecule has 0 radical (unpaired) electrons. The topological polar surface area (TPSA) is 135 Å². The Bertz CT molecular complexity index is 876. The van der Waals surface area contributed by atoms with E-state index >= 15 is 0 Å². The minimum atomic E-state index is -4.86. The van der Waals surface area contributed by atoms with Crippen molar-refractivity contribution in [2.75, 3.05) is 6.54 Å². The number of aliphatic carboxylic acids is 1. The summed E-state index contributed by atoms with van der Waals surface area (Å²) in [4.78, 5) is 23.5. The first-order valence-corrected chi connectivity index (χ1v) is 9.49. The van der Waals surface area contributed by atoms with Gasteiger partial charge in [-0.3, -0.25) is 14.5 Å². The number of carbonyl (C=O) groups excluding carboxylic acids is 1. The summed E-state index contributed by atoms with van der Waals surface area (Å²) in [6, 6.07) is 3.36. The number of nitrogens with zero attached hydrogens (tertiary/aromatic N) is 1. The maximum atomic E-state index is 12.3. The van der Waals surface area contributed by atoms with E-state index in [4.69, 9.17) is 17.3 Å². The third kappa shape index (κ3) is 4.78. The number of rotatable bonds is 6. The lowest BCUT2D eigenvalue weighted by Gasteiger charge is -2.13. The Morgan fingerprint density at radius 1 is 1.40 bits per heavy atom. The van der Waals surface area contributed by atoms with Gasteiger partial charge in [-0.15, -0.1) is 0 Å². The molecule has 2 N–H and O–H groups in total. The van der Waals surface area contributed by atoms with Gasteiger partial charge in [0.1, 0.15) is 20.2 Å². The van der Waals surface area contributed by atoms with Crippen LogP contribution in [0.25, 0.3) is 6.08 Å². The lowest BCUT2D eigenvalue weighted by Crippen LogP contribution is -2.29.